The molecule has 2 aromatic carbocycles. The molecule has 1 aliphatic rings. The molecule has 0 amide bonds. The molecule has 0 bridgehead atoms. The molecule has 2 unspecified atom stereocenters. The van der Waals surface area contributed by atoms with Crippen LogP contribution in [0.5, 0.6) is 34.5 Å². The first-order chi connectivity index (χ1) is 17.4. The molecule has 0 aliphatic heterocycles. The third-order valence-corrected chi connectivity index (χ3v) is 6.01. The van der Waals surface area contributed by atoms with Crippen LogP contribution in [0.15, 0.2) is 24.3 Å². The highest BCUT2D eigenvalue weighted by atomic mass is 16.6. The second kappa shape index (κ2) is 12.2. The topological polar surface area (TPSA) is 108 Å². The zero-order valence-corrected chi connectivity index (χ0v) is 21.4. The van der Waals surface area contributed by atoms with Gasteiger partial charge in [0.1, 0.15) is 34.8 Å². The summed E-state index contributed by atoms with van der Waals surface area (Å²) in [5.74, 6) is 0.858. The van der Waals surface area contributed by atoms with Crippen molar-refractivity contribution in [2.75, 3.05) is 42.7 Å². The minimum Gasteiger partial charge on any atom is -0.496 e. The van der Waals surface area contributed by atoms with Crippen molar-refractivity contribution < 1.29 is 47.5 Å². The number of carbonyl (C=O) groups is 2. The Labute approximate surface area is 210 Å². The Morgan fingerprint density at radius 3 is 1.14 bits per heavy atom. The minimum atomic E-state index is -0.640. The van der Waals surface area contributed by atoms with Crippen LogP contribution in [0, 0.1) is 0 Å². The van der Waals surface area contributed by atoms with Crippen LogP contribution in [0.2, 0.25) is 0 Å². The highest BCUT2D eigenvalue weighted by Crippen LogP contribution is 2.37. The normalized spacial score (nSPS) is 16.9. The van der Waals surface area contributed by atoms with E-state index in [1.807, 2.05) is 0 Å². The SMILES string of the molecule is COc1cc(OC)c(C(=O)OC2CCCCC2OC(=O)c2cc(OC)c(OC)cc2OC)cc1OC. The van der Waals surface area contributed by atoms with Gasteiger partial charge in [0, 0.05) is 24.3 Å². The summed E-state index contributed by atoms with van der Waals surface area (Å²) in [6.07, 6.45) is 1.46. The smallest absolute Gasteiger partial charge is 0.342 e. The molecule has 2 atom stereocenters. The number of carbonyl (C=O) groups excluding carboxylic acids is 2. The first kappa shape index (κ1) is 26.8. The van der Waals surface area contributed by atoms with E-state index >= 15 is 0 Å². The van der Waals surface area contributed by atoms with Gasteiger partial charge in [-0.1, -0.05) is 0 Å². The fraction of sp³-hybridized carbons (Fsp3) is 0.462. The van der Waals surface area contributed by atoms with Crippen LogP contribution in [-0.4, -0.2) is 66.8 Å². The largest absolute Gasteiger partial charge is 0.496 e. The van der Waals surface area contributed by atoms with Gasteiger partial charge in [-0.05, 0) is 25.7 Å². The van der Waals surface area contributed by atoms with Crippen LogP contribution in [-0.2, 0) is 9.47 Å². The molecular weight excluding hydrogens is 472 g/mol. The second-order valence-corrected chi connectivity index (χ2v) is 7.99. The van der Waals surface area contributed by atoms with Gasteiger partial charge in [0.05, 0.1) is 42.7 Å². The summed E-state index contributed by atoms with van der Waals surface area (Å²) < 4.78 is 43.5. The fourth-order valence-corrected chi connectivity index (χ4v) is 4.11. The molecule has 10 heteroatoms. The first-order valence-electron chi connectivity index (χ1n) is 11.4. The van der Waals surface area contributed by atoms with Crippen molar-refractivity contribution in [1.82, 2.24) is 0 Å². The molecular formula is C26H32O10. The molecule has 36 heavy (non-hydrogen) atoms. The summed E-state index contributed by atoms with van der Waals surface area (Å²) in [7, 11) is 8.81. The molecule has 0 heterocycles. The maximum atomic E-state index is 13.1. The van der Waals surface area contributed by atoms with Gasteiger partial charge in [0.25, 0.3) is 0 Å². The Bertz CT molecular complexity index is 995. The predicted molar refractivity (Wildman–Crippen MR) is 129 cm³/mol. The Kier molecular flexibility index (Phi) is 9.10. The quantitative estimate of drug-likeness (QED) is 0.440. The van der Waals surface area contributed by atoms with Crippen LogP contribution >= 0.6 is 0 Å². The standard InChI is InChI=1S/C26H32O10/c1-29-19-13-23(33-5)21(31-3)11-15(19)25(27)35-17-9-7-8-10-18(17)36-26(28)16-12-22(32-4)24(34-6)14-20(16)30-2/h11-14,17-18H,7-10H2,1-6H3. The van der Waals surface area contributed by atoms with Crippen molar-refractivity contribution in [2.24, 2.45) is 0 Å². The van der Waals surface area contributed by atoms with Crippen molar-refractivity contribution in [3.63, 3.8) is 0 Å². The van der Waals surface area contributed by atoms with Crippen molar-refractivity contribution in [2.45, 2.75) is 37.9 Å². The number of hydrogen-bond acceptors (Lipinski definition) is 10. The monoisotopic (exact) mass is 504 g/mol. The van der Waals surface area contributed by atoms with Gasteiger partial charge in [-0.3, -0.25) is 0 Å². The molecule has 2 aromatic rings. The number of hydrogen-bond donors (Lipinski definition) is 0. The van der Waals surface area contributed by atoms with Crippen molar-refractivity contribution >= 4 is 11.9 Å². The number of ether oxygens (including phenoxy) is 8. The van der Waals surface area contributed by atoms with Gasteiger partial charge >= 0.3 is 11.9 Å². The van der Waals surface area contributed by atoms with E-state index in [4.69, 9.17) is 37.9 Å². The van der Waals surface area contributed by atoms with Crippen molar-refractivity contribution in [3.8, 4) is 34.5 Å². The lowest BCUT2D eigenvalue weighted by Crippen LogP contribution is -2.38. The van der Waals surface area contributed by atoms with Gasteiger partial charge in [-0.25, -0.2) is 9.59 Å². The van der Waals surface area contributed by atoms with Crippen LogP contribution < -0.4 is 28.4 Å². The molecule has 196 valence electrons. The third kappa shape index (κ3) is 5.69. The van der Waals surface area contributed by atoms with E-state index in [1.165, 1.54) is 54.8 Å². The molecule has 1 aliphatic carbocycles. The number of benzene rings is 2. The van der Waals surface area contributed by atoms with Crippen molar-refractivity contribution in [3.05, 3.63) is 35.4 Å². The summed E-state index contributed by atoms with van der Waals surface area (Å²) in [4.78, 5) is 26.3. The minimum absolute atomic E-state index is 0.173. The molecule has 1 saturated carbocycles. The summed E-state index contributed by atoms with van der Waals surface area (Å²) in [5, 5.41) is 0. The maximum absolute atomic E-state index is 13.1. The average Bonchev–Trinajstić information content (AvgIpc) is 2.92. The molecule has 0 saturated heterocycles. The summed E-state index contributed by atoms with van der Waals surface area (Å²) in [5.41, 5.74) is 0.347. The second-order valence-electron chi connectivity index (χ2n) is 7.99. The molecule has 0 aromatic heterocycles. The van der Waals surface area contributed by atoms with Gasteiger partial charge < -0.3 is 37.9 Å². The van der Waals surface area contributed by atoms with E-state index in [9.17, 15) is 9.59 Å². The van der Waals surface area contributed by atoms with Crippen LogP contribution in [0.4, 0.5) is 0 Å². The van der Waals surface area contributed by atoms with E-state index in [0.717, 1.165) is 12.8 Å². The molecule has 1 fully saturated rings. The summed E-state index contributed by atoms with van der Waals surface area (Å²) >= 11 is 0. The van der Waals surface area contributed by atoms with Gasteiger partial charge in [0.2, 0.25) is 0 Å². The third-order valence-electron chi connectivity index (χ3n) is 6.01. The highest BCUT2D eigenvalue weighted by Gasteiger charge is 2.34. The Morgan fingerprint density at radius 1 is 0.528 bits per heavy atom. The molecule has 10 nitrogen and oxygen atoms in total. The average molecular weight is 505 g/mol. The summed E-state index contributed by atoms with van der Waals surface area (Å²) in [6.45, 7) is 0. The van der Waals surface area contributed by atoms with E-state index in [0.29, 0.717) is 35.8 Å². The molecule has 0 radical (unpaired) electrons. The Balaban J connectivity index is 1.82. The van der Waals surface area contributed by atoms with Crippen LogP contribution in [0.3, 0.4) is 0 Å². The predicted octanol–water partition coefficient (Wildman–Crippen LogP) is 4.06. The number of rotatable bonds is 10. The van der Waals surface area contributed by atoms with Crippen LogP contribution in [0.25, 0.3) is 0 Å². The zero-order chi connectivity index (χ0) is 26.2. The van der Waals surface area contributed by atoms with Gasteiger partial charge in [-0.2, -0.15) is 0 Å². The number of methoxy groups -OCH3 is 6. The van der Waals surface area contributed by atoms with Gasteiger partial charge in [-0.15, -0.1) is 0 Å². The van der Waals surface area contributed by atoms with E-state index in [-0.39, 0.29) is 22.6 Å². The maximum Gasteiger partial charge on any atom is 0.342 e. The van der Waals surface area contributed by atoms with E-state index in [2.05, 4.69) is 0 Å². The Morgan fingerprint density at radius 2 is 0.833 bits per heavy atom. The highest BCUT2D eigenvalue weighted by molar-refractivity contribution is 5.94. The Hall–Kier alpha value is -3.82. The van der Waals surface area contributed by atoms with E-state index < -0.39 is 24.1 Å². The zero-order valence-electron chi connectivity index (χ0n) is 21.4. The van der Waals surface area contributed by atoms with Crippen LogP contribution in [0.1, 0.15) is 46.4 Å². The molecule has 0 spiro atoms. The van der Waals surface area contributed by atoms with E-state index in [1.54, 1.807) is 12.1 Å². The lowest BCUT2D eigenvalue weighted by molar-refractivity contribution is -0.0516. The first-order valence-corrected chi connectivity index (χ1v) is 11.4. The number of esters is 2. The lowest BCUT2D eigenvalue weighted by atomic mass is 9.94. The molecule has 3 rings (SSSR count). The molecule has 0 N–H and O–H groups in total. The summed E-state index contributed by atoms with van der Waals surface area (Å²) in [6, 6.07) is 6.10. The van der Waals surface area contributed by atoms with Gasteiger partial charge in [0.15, 0.2) is 23.0 Å². The van der Waals surface area contributed by atoms with Crippen molar-refractivity contribution in [1.29, 1.82) is 0 Å². The fourth-order valence-electron chi connectivity index (χ4n) is 4.11. The lowest BCUT2D eigenvalue weighted by Gasteiger charge is -2.31.